The summed E-state index contributed by atoms with van der Waals surface area (Å²) in [7, 11) is 0. The second-order valence-electron chi connectivity index (χ2n) is 6.40. The molecule has 0 saturated carbocycles. The molecule has 0 aromatic rings. The molecule has 0 aliphatic rings. The van der Waals surface area contributed by atoms with E-state index in [1.54, 1.807) is 0 Å². The van der Waals surface area contributed by atoms with Crippen molar-refractivity contribution in [1.29, 1.82) is 0 Å². The van der Waals surface area contributed by atoms with Gasteiger partial charge in [-0.25, -0.2) is 0 Å². The highest BCUT2D eigenvalue weighted by Gasteiger charge is 2.21. The molecule has 2 unspecified atom stereocenters. The third-order valence-corrected chi connectivity index (χ3v) is 4.10. The van der Waals surface area contributed by atoms with Crippen LogP contribution in [-0.4, -0.2) is 11.9 Å². The Morgan fingerprint density at radius 1 is 0.783 bits per heavy atom. The Bertz CT molecular complexity index is 326. The predicted octanol–water partition coefficient (Wildman–Crippen LogP) is 5.60. The molecular weight excluding hydrogens is 288 g/mol. The van der Waals surface area contributed by atoms with Crippen LogP contribution in [0.1, 0.15) is 78.1 Å². The van der Waals surface area contributed by atoms with Gasteiger partial charge in [0.05, 0.1) is 11.8 Å². The SMILES string of the molecule is C=CCCCCCC(C)C(=O)OC(=O)C(C)CCCCCC=C. The number of unbranched alkanes of at least 4 members (excludes halogenated alkanes) is 6. The number of ether oxygens (including phenoxy) is 1. The molecule has 0 rings (SSSR count). The Morgan fingerprint density at radius 2 is 1.17 bits per heavy atom. The Labute approximate surface area is 142 Å². The van der Waals surface area contributed by atoms with E-state index in [2.05, 4.69) is 13.2 Å². The summed E-state index contributed by atoms with van der Waals surface area (Å²) in [6.45, 7) is 11.1. The molecule has 0 saturated heterocycles. The Hall–Kier alpha value is -1.38. The van der Waals surface area contributed by atoms with Gasteiger partial charge in [0.1, 0.15) is 0 Å². The van der Waals surface area contributed by atoms with Crippen molar-refractivity contribution < 1.29 is 14.3 Å². The number of allylic oxidation sites excluding steroid dienone is 2. The van der Waals surface area contributed by atoms with Crippen LogP contribution >= 0.6 is 0 Å². The van der Waals surface area contributed by atoms with Crippen LogP contribution in [0, 0.1) is 11.8 Å². The van der Waals surface area contributed by atoms with Crippen molar-refractivity contribution in [1.82, 2.24) is 0 Å². The van der Waals surface area contributed by atoms with Gasteiger partial charge in [-0.05, 0) is 38.5 Å². The average molecular weight is 322 g/mol. The molecule has 23 heavy (non-hydrogen) atoms. The van der Waals surface area contributed by atoms with E-state index in [-0.39, 0.29) is 23.8 Å². The number of hydrogen-bond acceptors (Lipinski definition) is 3. The van der Waals surface area contributed by atoms with Crippen molar-refractivity contribution in [2.75, 3.05) is 0 Å². The van der Waals surface area contributed by atoms with Crippen molar-refractivity contribution in [2.45, 2.75) is 78.1 Å². The Kier molecular flexibility index (Phi) is 13.4. The van der Waals surface area contributed by atoms with Gasteiger partial charge in [0, 0.05) is 0 Å². The van der Waals surface area contributed by atoms with Crippen LogP contribution < -0.4 is 0 Å². The largest absolute Gasteiger partial charge is 0.393 e. The lowest BCUT2D eigenvalue weighted by atomic mass is 10.0. The summed E-state index contributed by atoms with van der Waals surface area (Å²) in [4.78, 5) is 23.8. The van der Waals surface area contributed by atoms with Crippen molar-refractivity contribution >= 4 is 11.9 Å². The fourth-order valence-corrected chi connectivity index (χ4v) is 2.37. The molecule has 0 spiro atoms. The molecule has 0 aliphatic heterocycles. The van der Waals surface area contributed by atoms with E-state index < -0.39 is 0 Å². The number of hydrogen-bond donors (Lipinski definition) is 0. The summed E-state index contributed by atoms with van der Waals surface area (Å²) in [6, 6.07) is 0. The lowest BCUT2D eigenvalue weighted by Gasteiger charge is -2.13. The van der Waals surface area contributed by atoms with E-state index in [4.69, 9.17) is 4.74 Å². The van der Waals surface area contributed by atoms with E-state index in [1.807, 2.05) is 26.0 Å². The summed E-state index contributed by atoms with van der Waals surface area (Å²) in [5, 5.41) is 0. The summed E-state index contributed by atoms with van der Waals surface area (Å²) < 4.78 is 5.02. The van der Waals surface area contributed by atoms with Gasteiger partial charge < -0.3 is 4.74 Å². The molecule has 0 aromatic heterocycles. The normalized spacial score (nSPS) is 13.1. The lowest BCUT2D eigenvalue weighted by Crippen LogP contribution is -2.23. The fraction of sp³-hybridized carbons (Fsp3) is 0.700. The number of esters is 2. The average Bonchev–Trinajstić information content (AvgIpc) is 2.53. The van der Waals surface area contributed by atoms with Crippen LogP contribution in [0.25, 0.3) is 0 Å². The lowest BCUT2D eigenvalue weighted by molar-refractivity contribution is -0.165. The molecule has 0 radical (unpaired) electrons. The van der Waals surface area contributed by atoms with Crippen molar-refractivity contribution in [3.05, 3.63) is 25.3 Å². The predicted molar refractivity (Wildman–Crippen MR) is 96.0 cm³/mol. The smallest absolute Gasteiger partial charge is 0.316 e. The third kappa shape index (κ3) is 11.8. The molecule has 0 heterocycles. The van der Waals surface area contributed by atoms with Gasteiger partial charge in [-0.2, -0.15) is 0 Å². The van der Waals surface area contributed by atoms with Gasteiger partial charge in [-0.15, -0.1) is 13.2 Å². The summed E-state index contributed by atoms with van der Waals surface area (Å²) in [6.07, 6.45) is 13.7. The first-order valence-corrected chi connectivity index (χ1v) is 9.00. The highest BCUT2D eigenvalue weighted by Crippen LogP contribution is 2.16. The standard InChI is InChI=1S/C20H34O3/c1-5-7-9-11-13-15-17(3)19(21)23-20(22)18(4)16-14-12-10-8-6-2/h5-6,17-18H,1-2,7-16H2,3-4H3. The molecule has 132 valence electrons. The van der Waals surface area contributed by atoms with E-state index in [0.717, 1.165) is 64.2 Å². The third-order valence-electron chi connectivity index (χ3n) is 4.10. The minimum atomic E-state index is -0.378. The number of carbonyl (C=O) groups is 2. The molecule has 0 N–H and O–H groups in total. The Morgan fingerprint density at radius 3 is 1.52 bits per heavy atom. The molecule has 2 atom stereocenters. The number of carbonyl (C=O) groups excluding carboxylic acids is 2. The Balaban J connectivity index is 3.86. The van der Waals surface area contributed by atoms with Gasteiger partial charge in [-0.1, -0.05) is 51.7 Å². The zero-order chi connectivity index (χ0) is 17.5. The second-order valence-corrected chi connectivity index (χ2v) is 6.40. The molecule has 0 aromatic carbocycles. The van der Waals surface area contributed by atoms with Gasteiger partial charge >= 0.3 is 11.9 Å². The highest BCUT2D eigenvalue weighted by molar-refractivity contribution is 5.87. The van der Waals surface area contributed by atoms with Crippen molar-refractivity contribution in [3.8, 4) is 0 Å². The molecule has 0 bridgehead atoms. The molecule has 0 aliphatic carbocycles. The van der Waals surface area contributed by atoms with E-state index in [1.165, 1.54) is 0 Å². The van der Waals surface area contributed by atoms with Crippen LogP contribution in [0.2, 0.25) is 0 Å². The topological polar surface area (TPSA) is 43.4 Å². The first-order valence-electron chi connectivity index (χ1n) is 9.00. The molecule has 0 amide bonds. The zero-order valence-corrected chi connectivity index (χ0v) is 15.0. The molecule has 3 heteroatoms. The van der Waals surface area contributed by atoms with Crippen LogP contribution in [0.5, 0.6) is 0 Å². The first kappa shape index (κ1) is 21.6. The molecule has 3 nitrogen and oxygen atoms in total. The molecular formula is C20H34O3. The van der Waals surface area contributed by atoms with Gasteiger partial charge in [0.15, 0.2) is 0 Å². The van der Waals surface area contributed by atoms with Crippen molar-refractivity contribution in [3.63, 3.8) is 0 Å². The second kappa shape index (κ2) is 14.2. The minimum absolute atomic E-state index is 0.206. The number of rotatable bonds is 14. The first-order chi connectivity index (χ1) is 11.0. The maximum absolute atomic E-state index is 11.9. The van der Waals surface area contributed by atoms with Gasteiger partial charge in [0.25, 0.3) is 0 Å². The van der Waals surface area contributed by atoms with Gasteiger partial charge in [-0.3, -0.25) is 9.59 Å². The summed E-state index contributed by atoms with van der Waals surface area (Å²) in [5.41, 5.74) is 0. The monoisotopic (exact) mass is 322 g/mol. The van der Waals surface area contributed by atoms with E-state index in [9.17, 15) is 9.59 Å². The zero-order valence-electron chi connectivity index (χ0n) is 15.0. The summed E-state index contributed by atoms with van der Waals surface area (Å²) >= 11 is 0. The maximum Gasteiger partial charge on any atom is 0.316 e. The summed E-state index contributed by atoms with van der Waals surface area (Å²) in [5.74, 6) is -1.17. The van der Waals surface area contributed by atoms with Crippen LogP contribution in [0.3, 0.4) is 0 Å². The maximum atomic E-state index is 11.9. The van der Waals surface area contributed by atoms with Gasteiger partial charge in [0.2, 0.25) is 0 Å². The van der Waals surface area contributed by atoms with Crippen molar-refractivity contribution in [2.24, 2.45) is 11.8 Å². The minimum Gasteiger partial charge on any atom is -0.393 e. The molecule has 0 fully saturated rings. The fourth-order valence-electron chi connectivity index (χ4n) is 2.37. The van der Waals surface area contributed by atoms with E-state index >= 15 is 0 Å². The highest BCUT2D eigenvalue weighted by atomic mass is 16.6. The van der Waals surface area contributed by atoms with Crippen LogP contribution in [0.15, 0.2) is 25.3 Å². The van der Waals surface area contributed by atoms with Crippen LogP contribution in [0.4, 0.5) is 0 Å². The van der Waals surface area contributed by atoms with E-state index in [0.29, 0.717) is 0 Å². The van der Waals surface area contributed by atoms with Crippen LogP contribution in [-0.2, 0) is 14.3 Å². The quantitative estimate of drug-likeness (QED) is 0.181.